The zero-order valence-corrected chi connectivity index (χ0v) is 10.8. The number of rotatable bonds is 2. The first-order valence-corrected chi connectivity index (χ1v) is 6.62. The van der Waals surface area contributed by atoms with Gasteiger partial charge in [-0.05, 0) is 12.0 Å². The van der Waals surface area contributed by atoms with E-state index in [0.717, 1.165) is 24.2 Å². The molecule has 0 fully saturated rings. The molecule has 1 atom stereocenters. The normalized spacial score (nSPS) is 17.3. The van der Waals surface area contributed by atoms with Crippen molar-refractivity contribution in [3.8, 4) is 5.69 Å². The van der Waals surface area contributed by atoms with Crippen molar-refractivity contribution >= 4 is 0 Å². The Morgan fingerprint density at radius 2 is 2.05 bits per heavy atom. The van der Waals surface area contributed by atoms with Gasteiger partial charge in [0, 0.05) is 12.5 Å². The molecule has 0 amide bonds. The Morgan fingerprint density at radius 3 is 2.80 bits per heavy atom. The van der Waals surface area contributed by atoms with E-state index in [1.807, 2.05) is 18.2 Å². The van der Waals surface area contributed by atoms with Crippen molar-refractivity contribution in [2.75, 3.05) is 0 Å². The molecule has 0 unspecified atom stereocenters. The number of hydrogen-bond donors (Lipinski definition) is 0. The molecule has 0 saturated heterocycles. The summed E-state index contributed by atoms with van der Waals surface area (Å²) in [5, 5.41) is 4.42. The van der Waals surface area contributed by atoms with Crippen molar-refractivity contribution < 1.29 is 4.42 Å². The minimum Gasteiger partial charge on any atom is -0.470 e. The molecule has 0 saturated carbocycles. The van der Waals surface area contributed by atoms with Crippen LogP contribution in [0, 0.1) is 0 Å². The van der Waals surface area contributed by atoms with Gasteiger partial charge in [0.1, 0.15) is 17.8 Å². The molecule has 5 nitrogen and oxygen atoms in total. The monoisotopic (exact) mass is 267 g/mol. The molecule has 0 radical (unpaired) electrons. The largest absolute Gasteiger partial charge is 0.470 e. The molecule has 1 aliphatic rings. The Morgan fingerprint density at radius 1 is 1.20 bits per heavy atom. The van der Waals surface area contributed by atoms with Crippen molar-refractivity contribution in [1.82, 2.24) is 14.3 Å². The SMILES string of the molecule is O=c1n(-c2ccoc2)nc2n1[C@H](c1ccccc1)CC2. The smallest absolute Gasteiger partial charge is 0.351 e. The van der Waals surface area contributed by atoms with Gasteiger partial charge < -0.3 is 4.42 Å². The van der Waals surface area contributed by atoms with Crippen LogP contribution in [0.2, 0.25) is 0 Å². The molecule has 1 aromatic carbocycles. The average molecular weight is 267 g/mol. The van der Waals surface area contributed by atoms with E-state index >= 15 is 0 Å². The topological polar surface area (TPSA) is 53.0 Å². The molecular weight excluding hydrogens is 254 g/mol. The van der Waals surface area contributed by atoms with Crippen molar-refractivity contribution in [2.45, 2.75) is 18.9 Å². The maximum Gasteiger partial charge on any atom is 0.351 e. The highest BCUT2D eigenvalue weighted by atomic mass is 16.3. The summed E-state index contributed by atoms with van der Waals surface area (Å²) in [5.74, 6) is 0.838. The van der Waals surface area contributed by atoms with Crippen LogP contribution in [-0.4, -0.2) is 14.3 Å². The van der Waals surface area contributed by atoms with Gasteiger partial charge in [-0.1, -0.05) is 30.3 Å². The number of aryl methyl sites for hydroxylation is 1. The predicted molar refractivity (Wildman–Crippen MR) is 73.0 cm³/mol. The zero-order chi connectivity index (χ0) is 13.5. The molecule has 3 heterocycles. The van der Waals surface area contributed by atoms with Crippen LogP contribution in [0.5, 0.6) is 0 Å². The predicted octanol–water partition coefficient (Wildman–Crippen LogP) is 2.16. The van der Waals surface area contributed by atoms with Crippen LogP contribution in [0.4, 0.5) is 0 Å². The highest BCUT2D eigenvalue weighted by Gasteiger charge is 2.29. The number of fused-ring (bicyclic) bond motifs is 1. The Kier molecular flexibility index (Phi) is 2.39. The Hall–Kier alpha value is -2.56. The summed E-state index contributed by atoms with van der Waals surface area (Å²) in [7, 11) is 0. The van der Waals surface area contributed by atoms with Gasteiger partial charge in [-0.15, -0.1) is 5.10 Å². The number of benzene rings is 1. The van der Waals surface area contributed by atoms with E-state index < -0.39 is 0 Å². The third kappa shape index (κ3) is 1.56. The summed E-state index contributed by atoms with van der Waals surface area (Å²) in [6, 6.07) is 11.9. The van der Waals surface area contributed by atoms with Gasteiger partial charge in [0.15, 0.2) is 0 Å². The van der Waals surface area contributed by atoms with E-state index in [0.29, 0.717) is 5.69 Å². The van der Waals surface area contributed by atoms with Crippen LogP contribution < -0.4 is 5.69 Å². The van der Waals surface area contributed by atoms with Crippen LogP contribution in [0.25, 0.3) is 5.69 Å². The lowest BCUT2D eigenvalue weighted by atomic mass is 10.1. The van der Waals surface area contributed by atoms with Gasteiger partial charge in [-0.3, -0.25) is 4.57 Å². The first kappa shape index (κ1) is 11.3. The molecule has 1 aliphatic heterocycles. The fraction of sp³-hybridized carbons (Fsp3) is 0.200. The summed E-state index contributed by atoms with van der Waals surface area (Å²) in [4.78, 5) is 12.6. The lowest BCUT2D eigenvalue weighted by Gasteiger charge is -2.11. The van der Waals surface area contributed by atoms with Gasteiger partial charge in [0.2, 0.25) is 0 Å². The molecule has 4 rings (SSSR count). The fourth-order valence-corrected chi connectivity index (χ4v) is 2.83. The number of aromatic nitrogens is 3. The van der Waals surface area contributed by atoms with Crippen molar-refractivity contribution in [2.24, 2.45) is 0 Å². The van der Waals surface area contributed by atoms with Crippen LogP contribution in [-0.2, 0) is 6.42 Å². The third-order valence-electron chi connectivity index (χ3n) is 3.77. The standard InChI is InChI=1S/C15H13N3O2/c19-15-17-13(11-4-2-1-3-5-11)6-7-14(17)16-18(15)12-8-9-20-10-12/h1-5,8-10,13H,6-7H2/t13-/m0/s1. The first-order chi connectivity index (χ1) is 9.84. The molecule has 20 heavy (non-hydrogen) atoms. The summed E-state index contributed by atoms with van der Waals surface area (Å²) in [6.45, 7) is 0. The van der Waals surface area contributed by atoms with Crippen LogP contribution >= 0.6 is 0 Å². The van der Waals surface area contributed by atoms with Gasteiger partial charge in [-0.25, -0.2) is 4.79 Å². The maximum atomic E-state index is 12.6. The molecule has 5 heteroatoms. The second-order valence-electron chi connectivity index (χ2n) is 4.93. The maximum absolute atomic E-state index is 12.6. The molecule has 0 aliphatic carbocycles. The van der Waals surface area contributed by atoms with Crippen LogP contribution in [0.15, 0.2) is 58.1 Å². The van der Waals surface area contributed by atoms with E-state index in [1.54, 1.807) is 16.9 Å². The quantitative estimate of drug-likeness (QED) is 0.715. The minimum atomic E-state index is -0.104. The molecular formula is C15H13N3O2. The molecule has 0 N–H and O–H groups in total. The number of furan rings is 1. The van der Waals surface area contributed by atoms with Crippen molar-refractivity contribution in [1.29, 1.82) is 0 Å². The summed E-state index contributed by atoms with van der Waals surface area (Å²) < 4.78 is 8.23. The van der Waals surface area contributed by atoms with Gasteiger partial charge in [0.25, 0.3) is 0 Å². The average Bonchev–Trinajstić information content (AvgIpc) is 3.18. The molecule has 3 aromatic rings. The second-order valence-corrected chi connectivity index (χ2v) is 4.93. The van der Waals surface area contributed by atoms with Gasteiger partial charge in [0.05, 0.1) is 12.3 Å². The highest BCUT2D eigenvalue weighted by Crippen LogP contribution is 2.29. The zero-order valence-electron chi connectivity index (χ0n) is 10.8. The highest BCUT2D eigenvalue weighted by molar-refractivity contribution is 5.27. The van der Waals surface area contributed by atoms with E-state index in [2.05, 4.69) is 17.2 Å². The lowest BCUT2D eigenvalue weighted by Crippen LogP contribution is -2.26. The van der Waals surface area contributed by atoms with E-state index in [9.17, 15) is 4.79 Å². The molecule has 0 spiro atoms. The number of nitrogens with zero attached hydrogens (tertiary/aromatic N) is 3. The van der Waals surface area contributed by atoms with E-state index in [-0.39, 0.29) is 11.7 Å². The molecule has 100 valence electrons. The molecule has 2 aromatic heterocycles. The molecule has 0 bridgehead atoms. The Labute approximate surface area is 115 Å². The van der Waals surface area contributed by atoms with Gasteiger partial charge in [-0.2, -0.15) is 4.68 Å². The summed E-state index contributed by atoms with van der Waals surface area (Å²) in [6.07, 6.45) is 4.82. The summed E-state index contributed by atoms with van der Waals surface area (Å²) in [5.41, 5.74) is 1.72. The van der Waals surface area contributed by atoms with Gasteiger partial charge >= 0.3 is 5.69 Å². The second kappa shape index (κ2) is 4.23. The summed E-state index contributed by atoms with van der Waals surface area (Å²) >= 11 is 0. The van der Waals surface area contributed by atoms with Crippen molar-refractivity contribution in [3.63, 3.8) is 0 Å². The Balaban J connectivity index is 1.85. The first-order valence-electron chi connectivity index (χ1n) is 6.62. The van der Waals surface area contributed by atoms with Crippen molar-refractivity contribution in [3.05, 3.63) is 70.8 Å². The van der Waals surface area contributed by atoms with Crippen LogP contribution in [0.1, 0.15) is 23.9 Å². The van der Waals surface area contributed by atoms with E-state index in [4.69, 9.17) is 4.42 Å². The minimum absolute atomic E-state index is 0.0827. The third-order valence-corrected chi connectivity index (χ3v) is 3.77. The van der Waals surface area contributed by atoms with E-state index in [1.165, 1.54) is 10.9 Å². The Bertz CT molecular complexity index is 784. The number of hydrogen-bond acceptors (Lipinski definition) is 3. The van der Waals surface area contributed by atoms with Crippen LogP contribution in [0.3, 0.4) is 0 Å². The lowest BCUT2D eigenvalue weighted by molar-refractivity contribution is 0.560. The fourth-order valence-electron chi connectivity index (χ4n) is 2.83.